The van der Waals surface area contributed by atoms with Gasteiger partial charge in [-0.15, -0.1) is 0 Å². The molecule has 5 nitrogen and oxygen atoms in total. The van der Waals surface area contributed by atoms with Crippen LogP contribution in [0.4, 0.5) is 11.4 Å². The third-order valence-electron chi connectivity index (χ3n) is 3.51. The molecule has 3 aromatic rings. The van der Waals surface area contributed by atoms with Crippen LogP contribution in [-0.2, 0) is 4.79 Å². The molecule has 0 aliphatic rings. The fraction of sp³-hybridized carbons (Fsp3) is 0.111. The molecule has 0 atom stereocenters. The number of fused-ring (bicyclic) bond motifs is 1. The van der Waals surface area contributed by atoms with Crippen LogP contribution in [0.5, 0.6) is 5.75 Å². The van der Waals surface area contributed by atoms with Crippen molar-refractivity contribution in [1.29, 1.82) is 0 Å². The maximum absolute atomic E-state index is 12.2. The number of carbonyl (C=O) groups excluding carboxylic acids is 1. The van der Waals surface area contributed by atoms with Crippen molar-refractivity contribution in [2.45, 2.75) is 0 Å². The summed E-state index contributed by atoms with van der Waals surface area (Å²) in [6.45, 7) is 0.0833. The van der Waals surface area contributed by atoms with Crippen molar-refractivity contribution in [1.82, 2.24) is 4.98 Å². The molecule has 0 saturated heterocycles. The molecule has 0 saturated carbocycles. The summed E-state index contributed by atoms with van der Waals surface area (Å²) in [6.07, 6.45) is 1.70. The Labute approximate surface area is 144 Å². The highest BCUT2D eigenvalue weighted by atomic mass is 35.5. The number of nitrogens with one attached hydrogen (secondary N) is 2. The van der Waals surface area contributed by atoms with Gasteiger partial charge in [0, 0.05) is 16.6 Å². The summed E-state index contributed by atoms with van der Waals surface area (Å²) in [6, 6.07) is 14.7. The van der Waals surface area contributed by atoms with E-state index < -0.39 is 0 Å². The molecule has 3 rings (SSSR count). The maximum Gasteiger partial charge on any atom is 0.243 e. The summed E-state index contributed by atoms with van der Waals surface area (Å²) in [5, 5.41) is 7.44. The van der Waals surface area contributed by atoms with Gasteiger partial charge in [-0.1, -0.05) is 29.8 Å². The molecule has 0 fully saturated rings. The number of para-hydroxylation sites is 1. The number of hydrogen-bond donors (Lipinski definition) is 2. The first-order valence-electron chi connectivity index (χ1n) is 7.38. The van der Waals surface area contributed by atoms with Gasteiger partial charge in [0.2, 0.25) is 5.91 Å². The highest BCUT2D eigenvalue weighted by Crippen LogP contribution is 2.27. The van der Waals surface area contributed by atoms with E-state index in [1.807, 2.05) is 30.3 Å². The van der Waals surface area contributed by atoms with Crippen molar-refractivity contribution < 1.29 is 9.53 Å². The number of hydrogen-bond acceptors (Lipinski definition) is 4. The molecule has 122 valence electrons. The lowest BCUT2D eigenvalue weighted by atomic mass is 10.2. The highest BCUT2D eigenvalue weighted by molar-refractivity contribution is 6.31. The van der Waals surface area contributed by atoms with Crippen molar-refractivity contribution in [2.75, 3.05) is 24.3 Å². The monoisotopic (exact) mass is 341 g/mol. The number of aromatic nitrogens is 1. The molecule has 0 radical (unpaired) electrons. The Morgan fingerprint density at radius 2 is 2.00 bits per heavy atom. The quantitative estimate of drug-likeness (QED) is 0.737. The Morgan fingerprint density at radius 1 is 1.17 bits per heavy atom. The second kappa shape index (κ2) is 7.19. The number of anilines is 2. The third kappa shape index (κ3) is 3.58. The summed E-state index contributed by atoms with van der Waals surface area (Å²) in [5.74, 6) is 0.439. The molecule has 1 aromatic heterocycles. The molecule has 24 heavy (non-hydrogen) atoms. The summed E-state index contributed by atoms with van der Waals surface area (Å²) >= 11 is 5.98. The van der Waals surface area contributed by atoms with E-state index >= 15 is 0 Å². The number of pyridine rings is 1. The lowest BCUT2D eigenvalue weighted by Crippen LogP contribution is -2.22. The van der Waals surface area contributed by atoms with Crippen molar-refractivity contribution in [2.24, 2.45) is 0 Å². The number of benzene rings is 2. The summed E-state index contributed by atoms with van der Waals surface area (Å²) < 4.78 is 5.25. The Balaban J connectivity index is 1.71. The minimum atomic E-state index is -0.185. The van der Waals surface area contributed by atoms with Crippen molar-refractivity contribution >= 4 is 39.8 Å². The first-order chi connectivity index (χ1) is 11.7. The van der Waals surface area contributed by atoms with E-state index in [0.29, 0.717) is 22.1 Å². The zero-order valence-electron chi connectivity index (χ0n) is 13.0. The van der Waals surface area contributed by atoms with Gasteiger partial charge in [-0.05, 0) is 30.3 Å². The number of rotatable bonds is 5. The SMILES string of the molecule is COc1ccc(Cl)cc1NCC(=O)Nc1cccc2cccnc12. The van der Waals surface area contributed by atoms with Crippen molar-refractivity contribution in [3.63, 3.8) is 0 Å². The van der Waals surface area contributed by atoms with Gasteiger partial charge in [-0.3, -0.25) is 9.78 Å². The van der Waals surface area contributed by atoms with Gasteiger partial charge in [0.25, 0.3) is 0 Å². The largest absolute Gasteiger partial charge is 0.495 e. The Hall–Kier alpha value is -2.79. The molecule has 2 aromatic carbocycles. The van der Waals surface area contributed by atoms with Crippen molar-refractivity contribution in [3.05, 3.63) is 59.8 Å². The standard InChI is InChI=1S/C18H16ClN3O2/c1-24-16-8-7-13(19)10-15(16)21-11-17(23)22-14-6-2-4-12-5-3-9-20-18(12)14/h2-10,21H,11H2,1H3,(H,22,23). The van der Waals surface area contributed by atoms with E-state index in [4.69, 9.17) is 16.3 Å². The fourth-order valence-corrected chi connectivity index (χ4v) is 2.57. The average molecular weight is 342 g/mol. The number of methoxy groups -OCH3 is 1. The van der Waals surface area contributed by atoms with E-state index in [2.05, 4.69) is 15.6 Å². The summed E-state index contributed by atoms with van der Waals surface area (Å²) in [5.41, 5.74) is 2.10. The van der Waals surface area contributed by atoms with Crippen LogP contribution in [0.25, 0.3) is 10.9 Å². The maximum atomic E-state index is 12.2. The van der Waals surface area contributed by atoms with Crippen LogP contribution in [0.1, 0.15) is 0 Å². The fourth-order valence-electron chi connectivity index (χ4n) is 2.39. The molecule has 0 unspecified atom stereocenters. The molecule has 2 N–H and O–H groups in total. The van der Waals surface area contributed by atoms with Crippen LogP contribution in [0.2, 0.25) is 5.02 Å². The van der Waals surface area contributed by atoms with Crippen LogP contribution < -0.4 is 15.4 Å². The number of nitrogens with zero attached hydrogens (tertiary/aromatic N) is 1. The molecule has 0 bridgehead atoms. The smallest absolute Gasteiger partial charge is 0.243 e. The lowest BCUT2D eigenvalue weighted by molar-refractivity contribution is -0.114. The average Bonchev–Trinajstić information content (AvgIpc) is 2.60. The van der Waals surface area contributed by atoms with Crippen LogP contribution >= 0.6 is 11.6 Å². The lowest BCUT2D eigenvalue weighted by Gasteiger charge is -2.12. The Bertz CT molecular complexity index is 878. The molecule has 0 aliphatic carbocycles. The predicted octanol–water partition coefficient (Wildman–Crippen LogP) is 3.95. The third-order valence-corrected chi connectivity index (χ3v) is 3.74. The van der Waals surface area contributed by atoms with E-state index in [0.717, 1.165) is 10.9 Å². The summed E-state index contributed by atoms with van der Waals surface area (Å²) in [7, 11) is 1.57. The second-order valence-corrected chi connectivity index (χ2v) is 5.56. The topological polar surface area (TPSA) is 63.2 Å². The van der Waals surface area contributed by atoms with Crippen LogP contribution in [-0.4, -0.2) is 24.5 Å². The number of carbonyl (C=O) groups is 1. The normalized spacial score (nSPS) is 10.4. The number of halogens is 1. The van der Waals surface area contributed by atoms with Crippen LogP contribution in [0, 0.1) is 0 Å². The molecule has 1 amide bonds. The highest BCUT2D eigenvalue weighted by Gasteiger charge is 2.09. The Morgan fingerprint density at radius 3 is 2.83 bits per heavy atom. The van der Waals surface area contributed by atoms with Crippen molar-refractivity contribution in [3.8, 4) is 5.75 Å². The predicted molar refractivity (Wildman–Crippen MR) is 96.9 cm³/mol. The zero-order chi connectivity index (χ0) is 16.9. The van der Waals surface area contributed by atoms with E-state index in [-0.39, 0.29) is 12.5 Å². The second-order valence-electron chi connectivity index (χ2n) is 5.13. The van der Waals surface area contributed by atoms with Gasteiger partial charge in [-0.25, -0.2) is 0 Å². The van der Waals surface area contributed by atoms with Gasteiger partial charge in [0.15, 0.2) is 0 Å². The zero-order valence-corrected chi connectivity index (χ0v) is 13.8. The first kappa shape index (κ1) is 16.1. The van der Waals surface area contributed by atoms with Gasteiger partial charge in [0.05, 0.1) is 30.5 Å². The molecule has 1 heterocycles. The van der Waals surface area contributed by atoms with E-state index in [1.165, 1.54) is 0 Å². The molecule has 0 spiro atoms. The van der Waals surface area contributed by atoms with Gasteiger partial charge >= 0.3 is 0 Å². The minimum absolute atomic E-state index is 0.0833. The number of amides is 1. The van der Waals surface area contributed by atoms with E-state index in [9.17, 15) is 4.79 Å². The molecular weight excluding hydrogens is 326 g/mol. The minimum Gasteiger partial charge on any atom is -0.495 e. The Kier molecular flexibility index (Phi) is 4.82. The molecule has 6 heteroatoms. The number of ether oxygens (including phenoxy) is 1. The van der Waals surface area contributed by atoms with Crippen LogP contribution in [0.3, 0.4) is 0 Å². The van der Waals surface area contributed by atoms with Crippen LogP contribution in [0.15, 0.2) is 54.7 Å². The summed E-state index contributed by atoms with van der Waals surface area (Å²) in [4.78, 5) is 16.6. The molecular formula is C18H16ClN3O2. The van der Waals surface area contributed by atoms with E-state index in [1.54, 1.807) is 31.5 Å². The molecule has 0 aliphatic heterocycles. The van der Waals surface area contributed by atoms with Gasteiger partial charge in [-0.2, -0.15) is 0 Å². The van der Waals surface area contributed by atoms with Gasteiger partial charge < -0.3 is 15.4 Å². The first-order valence-corrected chi connectivity index (χ1v) is 7.76. The van der Waals surface area contributed by atoms with Gasteiger partial charge in [0.1, 0.15) is 5.75 Å².